The Labute approximate surface area is 146 Å². The lowest BCUT2D eigenvalue weighted by Gasteiger charge is -2.06. The Hall–Kier alpha value is -1.93. The molecule has 0 atom stereocenters. The molecule has 0 unspecified atom stereocenters. The van der Waals surface area contributed by atoms with Gasteiger partial charge in [-0.15, -0.1) is 11.3 Å². The quantitative estimate of drug-likeness (QED) is 0.787. The van der Waals surface area contributed by atoms with Crippen LogP contribution in [-0.4, -0.2) is 25.9 Å². The van der Waals surface area contributed by atoms with Gasteiger partial charge in [0.2, 0.25) is 0 Å². The van der Waals surface area contributed by atoms with E-state index in [2.05, 4.69) is 28.9 Å². The van der Waals surface area contributed by atoms with Gasteiger partial charge in [-0.25, -0.2) is 13.4 Å². The summed E-state index contributed by atoms with van der Waals surface area (Å²) in [4.78, 5) is 16.2. The number of sulfonamides is 1. The Morgan fingerprint density at radius 1 is 1.25 bits per heavy atom. The van der Waals surface area contributed by atoms with Crippen LogP contribution >= 0.6 is 11.3 Å². The molecular formula is C16H21N3O3S2. The normalized spacial score (nSPS) is 11.5. The number of aryl methyl sites for hydroxylation is 1. The summed E-state index contributed by atoms with van der Waals surface area (Å²) in [6, 6.07) is 6.52. The summed E-state index contributed by atoms with van der Waals surface area (Å²) < 4.78 is 27.0. The SMILES string of the molecule is Cc1ccc(S(=O)(=O)Nc2nc(C(=O)NCCC(C)C)cs2)cc1. The van der Waals surface area contributed by atoms with Crippen molar-refractivity contribution in [2.45, 2.75) is 32.1 Å². The summed E-state index contributed by atoms with van der Waals surface area (Å²) >= 11 is 1.08. The van der Waals surface area contributed by atoms with Crippen LogP contribution in [0.2, 0.25) is 0 Å². The zero-order valence-electron chi connectivity index (χ0n) is 13.9. The van der Waals surface area contributed by atoms with Crippen LogP contribution in [0.3, 0.4) is 0 Å². The minimum Gasteiger partial charge on any atom is -0.351 e. The molecule has 130 valence electrons. The Kier molecular flexibility index (Phi) is 5.95. The molecular weight excluding hydrogens is 346 g/mol. The third kappa shape index (κ3) is 5.04. The van der Waals surface area contributed by atoms with E-state index in [1.807, 2.05) is 6.92 Å². The van der Waals surface area contributed by atoms with Crippen LogP contribution in [0.5, 0.6) is 0 Å². The molecule has 0 spiro atoms. The van der Waals surface area contributed by atoms with Crippen LogP contribution in [0.1, 0.15) is 36.3 Å². The largest absolute Gasteiger partial charge is 0.351 e. The number of hydrogen-bond acceptors (Lipinski definition) is 5. The van der Waals surface area contributed by atoms with Crippen LogP contribution in [0, 0.1) is 12.8 Å². The molecule has 1 heterocycles. The van der Waals surface area contributed by atoms with Crippen LogP contribution in [0.15, 0.2) is 34.5 Å². The van der Waals surface area contributed by atoms with Gasteiger partial charge in [0, 0.05) is 11.9 Å². The summed E-state index contributed by atoms with van der Waals surface area (Å²) in [6.07, 6.45) is 0.878. The lowest BCUT2D eigenvalue weighted by molar-refractivity contribution is 0.0948. The molecule has 0 saturated heterocycles. The fourth-order valence-corrected chi connectivity index (χ4v) is 3.82. The van der Waals surface area contributed by atoms with Crippen molar-refractivity contribution in [3.8, 4) is 0 Å². The first-order valence-corrected chi connectivity index (χ1v) is 9.97. The number of amides is 1. The standard InChI is InChI=1S/C16H21N3O3S2/c1-11(2)8-9-17-15(20)14-10-23-16(18-14)19-24(21,22)13-6-4-12(3)5-7-13/h4-7,10-11H,8-9H2,1-3H3,(H,17,20)(H,18,19). The van der Waals surface area contributed by atoms with Crippen molar-refractivity contribution < 1.29 is 13.2 Å². The Morgan fingerprint density at radius 2 is 1.92 bits per heavy atom. The molecule has 2 N–H and O–H groups in total. The molecule has 1 amide bonds. The molecule has 0 aliphatic carbocycles. The van der Waals surface area contributed by atoms with Gasteiger partial charge >= 0.3 is 0 Å². The first-order chi connectivity index (χ1) is 11.3. The number of rotatable bonds is 7. The summed E-state index contributed by atoms with van der Waals surface area (Å²) in [5.41, 5.74) is 1.19. The third-order valence-corrected chi connectivity index (χ3v) is 5.54. The maximum absolute atomic E-state index is 12.3. The molecule has 0 saturated carbocycles. The molecule has 0 radical (unpaired) electrons. The number of aromatic nitrogens is 1. The number of nitrogens with one attached hydrogen (secondary N) is 2. The van der Waals surface area contributed by atoms with Gasteiger partial charge in [-0.2, -0.15) is 0 Å². The Balaban J connectivity index is 2.02. The maximum atomic E-state index is 12.3. The predicted octanol–water partition coefficient (Wildman–Crippen LogP) is 3.03. The lowest BCUT2D eigenvalue weighted by Crippen LogP contribution is -2.25. The number of carbonyl (C=O) groups excluding carboxylic acids is 1. The predicted molar refractivity (Wildman–Crippen MR) is 95.9 cm³/mol. The van der Waals surface area contributed by atoms with Gasteiger partial charge < -0.3 is 5.32 Å². The van der Waals surface area contributed by atoms with E-state index in [4.69, 9.17) is 0 Å². The summed E-state index contributed by atoms with van der Waals surface area (Å²) in [7, 11) is -3.70. The van der Waals surface area contributed by atoms with Crippen molar-refractivity contribution in [3.05, 3.63) is 40.9 Å². The average molecular weight is 367 g/mol. The maximum Gasteiger partial charge on any atom is 0.270 e. The number of nitrogens with zero attached hydrogens (tertiary/aromatic N) is 1. The minimum atomic E-state index is -3.70. The third-order valence-electron chi connectivity index (χ3n) is 3.30. The average Bonchev–Trinajstić information content (AvgIpc) is 2.95. The van der Waals surface area contributed by atoms with Crippen molar-refractivity contribution in [1.29, 1.82) is 0 Å². The van der Waals surface area contributed by atoms with E-state index in [1.54, 1.807) is 12.1 Å². The van der Waals surface area contributed by atoms with Crippen LogP contribution < -0.4 is 10.0 Å². The summed E-state index contributed by atoms with van der Waals surface area (Å²) in [5, 5.41) is 4.48. The molecule has 0 aliphatic heterocycles. The van der Waals surface area contributed by atoms with Crippen molar-refractivity contribution in [1.82, 2.24) is 10.3 Å². The van der Waals surface area contributed by atoms with Crippen LogP contribution in [0.4, 0.5) is 5.13 Å². The van der Waals surface area contributed by atoms with Crippen LogP contribution in [-0.2, 0) is 10.0 Å². The fraction of sp³-hybridized carbons (Fsp3) is 0.375. The van der Waals surface area contributed by atoms with Crippen molar-refractivity contribution >= 4 is 32.4 Å². The first kappa shape index (κ1) is 18.4. The second-order valence-corrected chi connectivity index (χ2v) is 8.44. The van der Waals surface area contributed by atoms with Crippen molar-refractivity contribution in [3.63, 3.8) is 0 Å². The van der Waals surface area contributed by atoms with E-state index in [-0.39, 0.29) is 21.6 Å². The number of anilines is 1. The number of carbonyl (C=O) groups is 1. The molecule has 2 aromatic rings. The monoisotopic (exact) mass is 367 g/mol. The van der Waals surface area contributed by atoms with E-state index in [9.17, 15) is 13.2 Å². The first-order valence-electron chi connectivity index (χ1n) is 7.61. The van der Waals surface area contributed by atoms with E-state index in [0.29, 0.717) is 12.5 Å². The van der Waals surface area contributed by atoms with Crippen molar-refractivity contribution in [2.75, 3.05) is 11.3 Å². The van der Waals surface area contributed by atoms with Gasteiger partial charge in [0.15, 0.2) is 5.13 Å². The molecule has 0 bridgehead atoms. The molecule has 0 fully saturated rings. The second-order valence-electron chi connectivity index (χ2n) is 5.89. The molecule has 1 aromatic carbocycles. The van der Waals surface area contributed by atoms with Gasteiger partial charge in [0.1, 0.15) is 5.69 Å². The van der Waals surface area contributed by atoms with E-state index in [1.165, 1.54) is 17.5 Å². The number of benzene rings is 1. The van der Waals surface area contributed by atoms with E-state index in [0.717, 1.165) is 23.3 Å². The van der Waals surface area contributed by atoms with Gasteiger partial charge in [0.25, 0.3) is 15.9 Å². The molecule has 6 nitrogen and oxygen atoms in total. The fourth-order valence-electron chi connectivity index (χ4n) is 1.88. The van der Waals surface area contributed by atoms with Gasteiger partial charge in [-0.3, -0.25) is 9.52 Å². The molecule has 2 rings (SSSR count). The minimum absolute atomic E-state index is 0.159. The number of thiazole rings is 1. The molecule has 0 aliphatic rings. The highest BCUT2D eigenvalue weighted by molar-refractivity contribution is 7.93. The molecule has 24 heavy (non-hydrogen) atoms. The molecule has 8 heteroatoms. The van der Waals surface area contributed by atoms with Crippen molar-refractivity contribution in [2.24, 2.45) is 5.92 Å². The van der Waals surface area contributed by atoms with E-state index >= 15 is 0 Å². The van der Waals surface area contributed by atoms with Crippen LogP contribution in [0.25, 0.3) is 0 Å². The zero-order chi connectivity index (χ0) is 17.7. The zero-order valence-corrected chi connectivity index (χ0v) is 15.5. The Morgan fingerprint density at radius 3 is 2.54 bits per heavy atom. The smallest absolute Gasteiger partial charge is 0.270 e. The highest BCUT2D eigenvalue weighted by atomic mass is 32.2. The lowest BCUT2D eigenvalue weighted by atomic mass is 10.1. The second kappa shape index (κ2) is 7.76. The van der Waals surface area contributed by atoms with Gasteiger partial charge in [0.05, 0.1) is 4.90 Å². The topological polar surface area (TPSA) is 88.2 Å². The summed E-state index contributed by atoms with van der Waals surface area (Å²) in [6.45, 7) is 6.60. The van der Waals surface area contributed by atoms with Gasteiger partial charge in [-0.05, 0) is 31.4 Å². The van der Waals surface area contributed by atoms with Gasteiger partial charge in [-0.1, -0.05) is 31.5 Å². The highest BCUT2D eigenvalue weighted by Crippen LogP contribution is 2.20. The highest BCUT2D eigenvalue weighted by Gasteiger charge is 2.17. The Bertz CT molecular complexity index is 796. The van der Waals surface area contributed by atoms with E-state index < -0.39 is 10.0 Å². The summed E-state index contributed by atoms with van der Waals surface area (Å²) in [5.74, 6) is 0.199. The molecule has 1 aromatic heterocycles. The number of hydrogen-bond donors (Lipinski definition) is 2.